The maximum atomic E-state index is 13.0. The van der Waals surface area contributed by atoms with Crippen LogP contribution in [0.15, 0.2) is 46.6 Å². The predicted molar refractivity (Wildman–Crippen MR) is 97.5 cm³/mol. The van der Waals surface area contributed by atoms with Crippen molar-refractivity contribution in [2.45, 2.75) is 30.1 Å². The summed E-state index contributed by atoms with van der Waals surface area (Å²) in [4.78, 5) is 0. The molecule has 4 rings (SSSR count). The second kappa shape index (κ2) is 7.50. The van der Waals surface area contributed by atoms with Gasteiger partial charge in [-0.1, -0.05) is 0 Å². The second-order valence-corrected chi connectivity index (χ2v) is 6.67. The standard InChI is InChI=1S/C17H15F2N7OS/c1-3-25-15(10-4-6-11(27-2)7-5-10)21-23-17(25)28-13-9-8-12-20-22-16(14(18)19)26(12)24-13/h4-9,14H,3H2,1-2H3. The molecule has 0 saturated carbocycles. The molecule has 0 amide bonds. The van der Waals surface area contributed by atoms with Gasteiger partial charge >= 0.3 is 0 Å². The fourth-order valence-electron chi connectivity index (χ4n) is 2.68. The van der Waals surface area contributed by atoms with Gasteiger partial charge < -0.3 is 9.30 Å². The molecule has 28 heavy (non-hydrogen) atoms. The quantitative estimate of drug-likeness (QED) is 0.487. The lowest BCUT2D eigenvalue weighted by molar-refractivity contribution is 0.137. The molecule has 0 atom stereocenters. The van der Waals surface area contributed by atoms with E-state index in [1.54, 1.807) is 19.2 Å². The van der Waals surface area contributed by atoms with Crippen molar-refractivity contribution in [3.8, 4) is 17.1 Å². The number of rotatable bonds is 6. The number of hydrogen-bond donors (Lipinski definition) is 0. The van der Waals surface area contributed by atoms with Crippen LogP contribution in [-0.2, 0) is 6.54 Å². The van der Waals surface area contributed by atoms with Gasteiger partial charge in [-0.3, -0.25) is 0 Å². The van der Waals surface area contributed by atoms with E-state index in [0.29, 0.717) is 22.6 Å². The molecule has 0 N–H and O–H groups in total. The molecule has 8 nitrogen and oxygen atoms in total. The fraction of sp³-hybridized carbons (Fsp3) is 0.235. The van der Waals surface area contributed by atoms with Crippen molar-refractivity contribution in [1.29, 1.82) is 0 Å². The van der Waals surface area contributed by atoms with E-state index in [1.807, 2.05) is 35.8 Å². The Kier molecular flexibility index (Phi) is 4.90. The van der Waals surface area contributed by atoms with Crippen molar-refractivity contribution in [1.82, 2.24) is 34.6 Å². The van der Waals surface area contributed by atoms with Crippen molar-refractivity contribution in [2.24, 2.45) is 0 Å². The van der Waals surface area contributed by atoms with Crippen LogP contribution in [0.2, 0.25) is 0 Å². The number of hydrogen-bond acceptors (Lipinski definition) is 7. The largest absolute Gasteiger partial charge is 0.497 e. The molecule has 0 saturated heterocycles. The minimum absolute atomic E-state index is 0.260. The van der Waals surface area contributed by atoms with E-state index >= 15 is 0 Å². The zero-order valence-electron chi connectivity index (χ0n) is 15.0. The molecule has 0 aliphatic rings. The SMILES string of the molecule is CCn1c(Sc2ccc3nnc(C(F)F)n3n2)nnc1-c1ccc(OC)cc1. The highest BCUT2D eigenvalue weighted by Crippen LogP contribution is 2.29. The van der Waals surface area contributed by atoms with Crippen LogP contribution in [0.3, 0.4) is 0 Å². The summed E-state index contributed by atoms with van der Waals surface area (Å²) in [5.41, 5.74) is 1.15. The van der Waals surface area contributed by atoms with Gasteiger partial charge in [0.1, 0.15) is 10.8 Å². The molecule has 3 aromatic heterocycles. The summed E-state index contributed by atoms with van der Waals surface area (Å²) >= 11 is 1.23. The van der Waals surface area contributed by atoms with Crippen LogP contribution in [0.1, 0.15) is 19.2 Å². The van der Waals surface area contributed by atoms with Gasteiger partial charge in [0, 0.05) is 12.1 Å². The van der Waals surface area contributed by atoms with E-state index in [4.69, 9.17) is 4.74 Å². The average Bonchev–Trinajstić information content (AvgIpc) is 3.31. The number of methoxy groups -OCH3 is 1. The summed E-state index contributed by atoms with van der Waals surface area (Å²) in [5, 5.41) is 21.0. The van der Waals surface area contributed by atoms with E-state index in [-0.39, 0.29) is 5.65 Å². The highest BCUT2D eigenvalue weighted by atomic mass is 32.2. The lowest BCUT2D eigenvalue weighted by Crippen LogP contribution is -2.02. The smallest absolute Gasteiger partial charge is 0.299 e. The van der Waals surface area contributed by atoms with Gasteiger partial charge in [0.05, 0.1) is 7.11 Å². The van der Waals surface area contributed by atoms with Gasteiger partial charge in [-0.15, -0.1) is 20.4 Å². The molecule has 0 radical (unpaired) electrons. The van der Waals surface area contributed by atoms with Gasteiger partial charge in [-0.2, -0.15) is 9.61 Å². The van der Waals surface area contributed by atoms with Gasteiger partial charge in [0.25, 0.3) is 6.43 Å². The van der Waals surface area contributed by atoms with E-state index in [9.17, 15) is 8.78 Å². The molecule has 1 aromatic carbocycles. The monoisotopic (exact) mass is 403 g/mol. The lowest BCUT2D eigenvalue weighted by atomic mass is 10.2. The number of fused-ring (bicyclic) bond motifs is 1. The fourth-order valence-corrected chi connectivity index (χ4v) is 3.53. The van der Waals surface area contributed by atoms with Crippen LogP contribution in [0.4, 0.5) is 8.78 Å². The highest BCUT2D eigenvalue weighted by Gasteiger charge is 2.19. The van der Waals surface area contributed by atoms with Crippen molar-refractivity contribution in [2.75, 3.05) is 7.11 Å². The summed E-state index contributed by atoms with van der Waals surface area (Å²) in [6.07, 6.45) is -2.76. The Morgan fingerprint density at radius 2 is 1.82 bits per heavy atom. The van der Waals surface area contributed by atoms with E-state index in [1.165, 1.54) is 11.8 Å². The zero-order valence-corrected chi connectivity index (χ0v) is 15.8. The molecule has 11 heteroatoms. The molecular weight excluding hydrogens is 388 g/mol. The van der Waals surface area contributed by atoms with Crippen molar-refractivity contribution >= 4 is 17.4 Å². The third-order valence-electron chi connectivity index (χ3n) is 4.03. The van der Waals surface area contributed by atoms with Crippen molar-refractivity contribution < 1.29 is 13.5 Å². The zero-order chi connectivity index (χ0) is 19.7. The second-order valence-electron chi connectivity index (χ2n) is 5.68. The first-order valence-electron chi connectivity index (χ1n) is 8.36. The van der Waals surface area contributed by atoms with E-state index < -0.39 is 12.2 Å². The minimum atomic E-state index is -2.76. The van der Waals surface area contributed by atoms with Crippen LogP contribution in [0.25, 0.3) is 17.0 Å². The molecule has 3 heterocycles. The number of nitrogens with zero attached hydrogens (tertiary/aromatic N) is 7. The van der Waals surface area contributed by atoms with Crippen LogP contribution in [-0.4, -0.2) is 41.7 Å². The number of halogens is 2. The molecular formula is C17H15F2N7OS. The topological polar surface area (TPSA) is 83.0 Å². The number of alkyl halides is 2. The highest BCUT2D eigenvalue weighted by molar-refractivity contribution is 7.99. The maximum absolute atomic E-state index is 13.0. The van der Waals surface area contributed by atoms with Gasteiger partial charge in [-0.05, 0) is 55.1 Å². The normalized spacial score (nSPS) is 11.5. The first kappa shape index (κ1) is 18.3. The Morgan fingerprint density at radius 1 is 1.04 bits per heavy atom. The first-order chi connectivity index (χ1) is 13.6. The Labute approximate surface area is 162 Å². The van der Waals surface area contributed by atoms with Crippen molar-refractivity contribution in [3.05, 3.63) is 42.2 Å². The van der Waals surface area contributed by atoms with Gasteiger partial charge in [-0.25, -0.2) is 8.78 Å². The number of aromatic nitrogens is 7. The Morgan fingerprint density at radius 3 is 2.50 bits per heavy atom. The minimum Gasteiger partial charge on any atom is -0.497 e. The van der Waals surface area contributed by atoms with E-state index in [0.717, 1.165) is 15.8 Å². The summed E-state index contributed by atoms with van der Waals surface area (Å²) in [6, 6.07) is 10.8. The van der Waals surface area contributed by atoms with Crippen LogP contribution in [0, 0.1) is 0 Å². The van der Waals surface area contributed by atoms with Gasteiger partial charge in [0.2, 0.25) is 5.82 Å². The average molecular weight is 403 g/mol. The predicted octanol–water partition coefficient (Wildman–Crippen LogP) is 3.50. The van der Waals surface area contributed by atoms with Crippen molar-refractivity contribution in [3.63, 3.8) is 0 Å². The molecule has 0 aliphatic carbocycles. The Balaban J connectivity index is 1.67. The molecule has 0 bridgehead atoms. The molecule has 144 valence electrons. The molecule has 0 fully saturated rings. The first-order valence-corrected chi connectivity index (χ1v) is 9.18. The molecule has 4 aromatic rings. The molecule has 0 unspecified atom stereocenters. The number of benzene rings is 1. The van der Waals surface area contributed by atoms with Crippen LogP contribution in [0.5, 0.6) is 5.75 Å². The number of ether oxygens (including phenoxy) is 1. The Bertz CT molecular complexity index is 1110. The Hall–Kier alpha value is -3.08. The lowest BCUT2D eigenvalue weighted by Gasteiger charge is -2.08. The van der Waals surface area contributed by atoms with Gasteiger partial charge in [0.15, 0.2) is 16.6 Å². The third kappa shape index (κ3) is 3.28. The summed E-state index contributed by atoms with van der Waals surface area (Å²) in [6.45, 7) is 2.61. The summed E-state index contributed by atoms with van der Waals surface area (Å²) < 4.78 is 34.2. The summed E-state index contributed by atoms with van der Waals surface area (Å²) in [7, 11) is 1.61. The molecule has 0 aliphatic heterocycles. The summed E-state index contributed by atoms with van der Waals surface area (Å²) in [5.74, 6) is 0.960. The van der Waals surface area contributed by atoms with Crippen LogP contribution < -0.4 is 4.74 Å². The maximum Gasteiger partial charge on any atom is 0.299 e. The van der Waals surface area contributed by atoms with Crippen LogP contribution >= 0.6 is 11.8 Å². The van der Waals surface area contributed by atoms with E-state index in [2.05, 4.69) is 25.5 Å². The third-order valence-corrected chi connectivity index (χ3v) is 4.95. The molecule has 0 spiro atoms.